The van der Waals surface area contributed by atoms with Gasteiger partial charge in [-0.1, -0.05) is 17.7 Å². The molecule has 24 heavy (non-hydrogen) atoms. The van der Waals surface area contributed by atoms with Gasteiger partial charge in [-0.2, -0.15) is 0 Å². The molecule has 0 fully saturated rings. The fourth-order valence-electron chi connectivity index (χ4n) is 2.61. The van der Waals surface area contributed by atoms with Crippen LogP contribution in [0, 0.1) is 6.92 Å². The maximum absolute atomic E-state index is 12.2. The van der Waals surface area contributed by atoms with Crippen molar-refractivity contribution in [2.24, 2.45) is 0 Å². The van der Waals surface area contributed by atoms with E-state index >= 15 is 0 Å². The quantitative estimate of drug-likeness (QED) is 0.747. The molecule has 0 radical (unpaired) electrons. The average Bonchev–Trinajstić information content (AvgIpc) is 2.87. The second kappa shape index (κ2) is 6.74. The van der Waals surface area contributed by atoms with Crippen LogP contribution in [-0.4, -0.2) is 37.4 Å². The lowest BCUT2D eigenvalue weighted by Gasteiger charge is -2.06. The highest BCUT2D eigenvalue weighted by molar-refractivity contribution is 7.89. The Morgan fingerprint density at radius 2 is 2.00 bits per heavy atom. The number of sulfonamides is 1. The third kappa shape index (κ3) is 3.65. The van der Waals surface area contributed by atoms with Crippen molar-refractivity contribution < 1.29 is 13.2 Å². The van der Waals surface area contributed by atoms with Gasteiger partial charge in [-0.15, -0.1) is 0 Å². The van der Waals surface area contributed by atoms with E-state index in [0.29, 0.717) is 24.5 Å². The summed E-state index contributed by atoms with van der Waals surface area (Å²) < 4.78 is 27.0. The highest BCUT2D eigenvalue weighted by Gasteiger charge is 2.20. The topological polar surface area (TPSA) is 104 Å². The van der Waals surface area contributed by atoms with E-state index < -0.39 is 10.0 Å². The van der Waals surface area contributed by atoms with E-state index in [0.717, 1.165) is 24.1 Å². The maximum Gasteiger partial charge on any atom is 0.271 e. The van der Waals surface area contributed by atoms with Crippen LogP contribution in [0.3, 0.4) is 0 Å². The number of benzene rings is 1. The first-order chi connectivity index (χ1) is 11.5. The summed E-state index contributed by atoms with van der Waals surface area (Å²) in [6, 6.07) is 6.68. The molecule has 1 aliphatic heterocycles. The number of H-pyrrole nitrogens is 1. The molecular weight excluding hydrogens is 328 g/mol. The third-order valence-corrected chi connectivity index (χ3v) is 5.39. The number of nitrogens with one attached hydrogen (secondary N) is 3. The molecule has 128 valence electrons. The van der Waals surface area contributed by atoms with Gasteiger partial charge in [-0.25, -0.2) is 18.1 Å². The summed E-state index contributed by atoms with van der Waals surface area (Å²) in [5.41, 5.74) is 2.24. The van der Waals surface area contributed by atoms with Gasteiger partial charge in [0.25, 0.3) is 5.91 Å². The third-order valence-electron chi connectivity index (χ3n) is 3.92. The van der Waals surface area contributed by atoms with Gasteiger partial charge >= 0.3 is 0 Å². The van der Waals surface area contributed by atoms with E-state index in [1.54, 1.807) is 24.3 Å². The van der Waals surface area contributed by atoms with Crippen LogP contribution in [0.4, 0.5) is 0 Å². The van der Waals surface area contributed by atoms with Gasteiger partial charge in [0, 0.05) is 25.2 Å². The first-order valence-electron chi connectivity index (χ1n) is 7.88. The van der Waals surface area contributed by atoms with Crippen LogP contribution >= 0.6 is 0 Å². The maximum atomic E-state index is 12.2. The minimum atomic E-state index is -3.54. The van der Waals surface area contributed by atoms with Crippen molar-refractivity contribution in [1.29, 1.82) is 0 Å². The number of aromatic nitrogens is 2. The van der Waals surface area contributed by atoms with Gasteiger partial charge in [0.15, 0.2) is 0 Å². The minimum absolute atomic E-state index is 0.176. The number of aromatic amines is 1. The number of imidazole rings is 1. The molecular formula is C16H20N4O3S. The molecule has 1 amide bonds. The van der Waals surface area contributed by atoms with E-state index in [4.69, 9.17) is 0 Å². The lowest BCUT2D eigenvalue weighted by molar-refractivity contribution is 0.0951. The largest absolute Gasteiger partial charge is 0.351 e. The fourth-order valence-corrected chi connectivity index (χ4v) is 3.64. The molecule has 0 saturated heterocycles. The molecule has 0 atom stereocenters. The number of nitrogens with zero attached hydrogens (tertiary/aromatic N) is 1. The number of amides is 1. The Hall–Kier alpha value is -2.19. The molecule has 3 rings (SSSR count). The molecule has 1 aliphatic rings. The molecule has 2 heterocycles. The Bertz CT molecular complexity index is 841. The highest BCUT2D eigenvalue weighted by atomic mass is 32.2. The zero-order valence-corrected chi connectivity index (χ0v) is 14.2. The Labute approximate surface area is 140 Å². The standard InChI is InChI=1S/C16H20N4O3S/c1-11-4-6-12(7-5-11)24(22,23)18-10-8-14-19-13-3-2-9-17-16(21)15(13)20-14/h4-7,18H,2-3,8-10H2,1H3,(H,17,21)(H,19,20). The molecule has 0 saturated carbocycles. The Morgan fingerprint density at radius 1 is 1.25 bits per heavy atom. The number of carbonyl (C=O) groups excluding carboxylic acids is 1. The normalized spacial score (nSPS) is 14.8. The summed E-state index contributed by atoms with van der Waals surface area (Å²) in [6.07, 6.45) is 2.02. The summed E-state index contributed by atoms with van der Waals surface area (Å²) in [5, 5.41) is 2.79. The number of aryl methyl sites for hydroxylation is 2. The predicted octanol–water partition coefficient (Wildman–Crippen LogP) is 0.915. The van der Waals surface area contributed by atoms with Crippen LogP contribution in [0.2, 0.25) is 0 Å². The van der Waals surface area contributed by atoms with Crippen molar-refractivity contribution in [2.75, 3.05) is 13.1 Å². The molecule has 1 aromatic carbocycles. The number of carbonyl (C=O) groups is 1. The summed E-state index contributed by atoms with van der Waals surface area (Å²) in [7, 11) is -3.54. The molecule has 8 heteroatoms. The van der Waals surface area contributed by atoms with E-state index in [1.807, 2.05) is 6.92 Å². The number of hydrogen-bond acceptors (Lipinski definition) is 4. The van der Waals surface area contributed by atoms with Crippen molar-refractivity contribution in [2.45, 2.75) is 31.1 Å². The molecule has 1 aromatic heterocycles. The molecule has 3 N–H and O–H groups in total. The fraction of sp³-hybridized carbons (Fsp3) is 0.375. The number of rotatable bonds is 5. The summed E-state index contributed by atoms with van der Waals surface area (Å²) in [5.74, 6) is 0.439. The molecule has 7 nitrogen and oxygen atoms in total. The zero-order valence-electron chi connectivity index (χ0n) is 13.4. The van der Waals surface area contributed by atoms with Gasteiger partial charge in [-0.3, -0.25) is 4.79 Å². The lowest BCUT2D eigenvalue weighted by atomic mass is 10.2. The van der Waals surface area contributed by atoms with Crippen molar-refractivity contribution >= 4 is 15.9 Å². The number of hydrogen-bond donors (Lipinski definition) is 3. The predicted molar refractivity (Wildman–Crippen MR) is 89.3 cm³/mol. The second-order valence-corrected chi connectivity index (χ2v) is 7.60. The van der Waals surface area contributed by atoms with Crippen LogP contribution < -0.4 is 10.0 Å². The van der Waals surface area contributed by atoms with Gasteiger partial charge in [0.1, 0.15) is 11.5 Å². The van der Waals surface area contributed by atoms with Crippen molar-refractivity contribution in [3.05, 3.63) is 47.0 Å². The van der Waals surface area contributed by atoms with Gasteiger partial charge < -0.3 is 10.3 Å². The highest BCUT2D eigenvalue weighted by Crippen LogP contribution is 2.13. The van der Waals surface area contributed by atoms with Crippen molar-refractivity contribution in [3.8, 4) is 0 Å². The number of fused-ring (bicyclic) bond motifs is 1. The molecule has 0 bridgehead atoms. The Balaban J connectivity index is 1.63. The summed E-state index contributed by atoms with van der Waals surface area (Å²) in [4.78, 5) is 19.5. The zero-order chi connectivity index (χ0) is 17.2. The van der Waals surface area contributed by atoms with Crippen molar-refractivity contribution in [3.63, 3.8) is 0 Å². The van der Waals surface area contributed by atoms with E-state index in [-0.39, 0.29) is 17.3 Å². The molecule has 2 aromatic rings. The summed E-state index contributed by atoms with van der Waals surface area (Å²) in [6.45, 7) is 2.76. The average molecular weight is 348 g/mol. The SMILES string of the molecule is Cc1ccc(S(=O)(=O)NCCc2nc3c([nH]2)CCCNC3=O)cc1. The smallest absolute Gasteiger partial charge is 0.271 e. The van der Waals surface area contributed by atoms with Crippen LogP contribution in [0.1, 0.15) is 34.0 Å². The molecule has 0 aliphatic carbocycles. The van der Waals surface area contributed by atoms with Gasteiger partial charge in [0.05, 0.1) is 4.90 Å². The first-order valence-corrected chi connectivity index (χ1v) is 9.36. The van der Waals surface area contributed by atoms with Gasteiger partial charge in [-0.05, 0) is 31.9 Å². The molecule has 0 spiro atoms. The minimum Gasteiger partial charge on any atom is -0.351 e. The van der Waals surface area contributed by atoms with E-state index in [9.17, 15) is 13.2 Å². The Morgan fingerprint density at radius 3 is 2.75 bits per heavy atom. The van der Waals surface area contributed by atoms with Gasteiger partial charge in [0.2, 0.25) is 10.0 Å². The monoisotopic (exact) mass is 348 g/mol. The Kier molecular flexibility index (Phi) is 4.68. The van der Waals surface area contributed by atoms with Crippen LogP contribution in [0.5, 0.6) is 0 Å². The van der Waals surface area contributed by atoms with Crippen LogP contribution in [0.25, 0.3) is 0 Å². The first kappa shape index (κ1) is 16.7. The van der Waals surface area contributed by atoms with E-state index in [2.05, 4.69) is 20.0 Å². The second-order valence-electron chi connectivity index (χ2n) is 5.83. The van der Waals surface area contributed by atoms with Crippen LogP contribution in [0.15, 0.2) is 29.2 Å². The van der Waals surface area contributed by atoms with Crippen molar-refractivity contribution in [1.82, 2.24) is 20.0 Å². The molecule has 0 unspecified atom stereocenters. The van der Waals surface area contributed by atoms with E-state index in [1.165, 1.54) is 0 Å². The summed E-state index contributed by atoms with van der Waals surface area (Å²) >= 11 is 0. The van der Waals surface area contributed by atoms with Crippen LogP contribution in [-0.2, 0) is 22.9 Å². The lowest BCUT2D eigenvalue weighted by Crippen LogP contribution is -2.26.